The van der Waals surface area contributed by atoms with Crippen molar-refractivity contribution in [1.82, 2.24) is 4.90 Å². The average molecular weight is 307 g/mol. The molecule has 3 rings (SSSR count). The Morgan fingerprint density at radius 2 is 2.05 bits per heavy atom. The fraction of sp³-hybridized carbons (Fsp3) is 0.500. The Balaban J connectivity index is 1.72. The largest absolute Gasteiger partial charge is 0.491 e. The van der Waals surface area contributed by atoms with Crippen LogP contribution in [0.5, 0.6) is 5.75 Å². The van der Waals surface area contributed by atoms with Crippen molar-refractivity contribution in [1.29, 1.82) is 0 Å². The van der Waals surface area contributed by atoms with Crippen molar-refractivity contribution < 1.29 is 23.8 Å². The molecule has 0 radical (unpaired) electrons. The lowest BCUT2D eigenvalue weighted by atomic mass is 10.0. The van der Waals surface area contributed by atoms with E-state index in [9.17, 15) is 14.0 Å². The van der Waals surface area contributed by atoms with Crippen molar-refractivity contribution in [2.75, 3.05) is 13.2 Å². The number of benzene rings is 1. The first-order valence-corrected chi connectivity index (χ1v) is 7.47. The van der Waals surface area contributed by atoms with E-state index in [1.165, 1.54) is 12.1 Å². The molecule has 1 aromatic carbocycles. The fourth-order valence-corrected chi connectivity index (χ4v) is 3.24. The van der Waals surface area contributed by atoms with E-state index in [4.69, 9.17) is 9.84 Å². The SMILES string of the molecule is O=C(O)[C@@H]1CC[C@H](C(=O)N2CCOc3ccc(F)cc3C2)C1. The number of halogens is 1. The number of hydrogen-bond acceptors (Lipinski definition) is 3. The second-order valence-electron chi connectivity index (χ2n) is 5.91. The third kappa shape index (κ3) is 2.91. The number of rotatable bonds is 2. The summed E-state index contributed by atoms with van der Waals surface area (Å²) in [5, 5.41) is 9.04. The van der Waals surface area contributed by atoms with Gasteiger partial charge in [0.15, 0.2) is 0 Å². The zero-order valence-electron chi connectivity index (χ0n) is 12.1. The number of carboxylic acid groups (broad SMARTS) is 1. The Kier molecular flexibility index (Phi) is 4.00. The van der Waals surface area contributed by atoms with Crippen LogP contribution in [-0.4, -0.2) is 35.0 Å². The molecule has 1 amide bonds. The van der Waals surface area contributed by atoms with Crippen molar-refractivity contribution in [3.63, 3.8) is 0 Å². The molecule has 1 aromatic rings. The molecule has 5 nitrogen and oxygen atoms in total. The molecule has 0 unspecified atom stereocenters. The molecule has 1 heterocycles. The summed E-state index contributed by atoms with van der Waals surface area (Å²) in [7, 11) is 0. The van der Waals surface area contributed by atoms with Crippen molar-refractivity contribution in [2.24, 2.45) is 11.8 Å². The Labute approximate surface area is 127 Å². The monoisotopic (exact) mass is 307 g/mol. The molecule has 0 saturated heterocycles. The normalized spacial score (nSPS) is 24.3. The van der Waals surface area contributed by atoms with Gasteiger partial charge in [-0.25, -0.2) is 4.39 Å². The lowest BCUT2D eigenvalue weighted by Crippen LogP contribution is -2.36. The molecule has 1 saturated carbocycles. The fourth-order valence-electron chi connectivity index (χ4n) is 3.24. The van der Waals surface area contributed by atoms with Gasteiger partial charge in [-0.3, -0.25) is 9.59 Å². The van der Waals surface area contributed by atoms with Gasteiger partial charge < -0.3 is 14.7 Å². The summed E-state index contributed by atoms with van der Waals surface area (Å²) in [5.41, 5.74) is 0.652. The van der Waals surface area contributed by atoms with Crippen LogP contribution in [0.3, 0.4) is 0 Å². The Morgan fingerprint density at radius 3 is 2.77 bits per heavy atom. The minimum Gasteiger partial charge on any atom is -0.491 e. The van der Waals surface area contributed by atoms with E-state index in [2.05, 4.69) is 0 Å². The summed E-state index contributed by atoms with van der Waals surface area (Å²) in [4.78, 5) is 25.3. The molecule has 0 bridgehead atoms. The highest BCUT2D eigenvalue weighted by Gasteiger charge is 2.36. The van der Waals surface area contributed by atoms with Crippen LogP contribution in [0.2, 0.25) is 0 Å². The molecule has 0 spiro atoms. The number of amides is 1. The molecule has 118 valence electrons. The summed E-state index contributed by atoms with van der Waals surface area (Å²) in [6.07, 6.45) is 1.53. The summed E-state index contributed by atoms with van der Waals surface area (Å²) < 4.78 is 18.9. The second kappa shape index (κ2) is 5.94. The van der Waals surface area contributed by atoms with Gasteiger partial charge in [-0.1, -0.05) is 0 Å². The van der Waals surface area contributed by atoms with E-state index < -0.39 is 11.9 Å². The van der Waals surface area contributed by atoms with E-state index >= 15 is 0 Å². The number of carboxylic acids is 1. The number of ether oxygens (including phenoxy) is 1. The maximum absolute atomic E-state index is 13.4. The second-order valence-corrected chi connectivity index (χ2v) is 5.91. The third-order valence-corrected chi connectivity index (χ3v) is 4.45. The van der Waals surface area contributed by atoms with Gasteiger partial charge in [0.2, 0.25) is 5.91 Å². The quantitative estimate of drug-likeness (QED) is 0.908. The summed E-state index contributed by atoms with van der Waals surface area (Å²) in [6, 6.07) is 4.30. The number of carbonyl (C=O) groups excluding carboxylic acids is 1. The minimum atomic E-state index is -0.832. The van der Waals surface area contributed by atoms with E-state index in [1.807, 2.05) is 0 Å². The molecule has 1 aliphatic heterocycles. The Morgan fingerprint density at radius 1 is 1.27 bits per heavy atom. The lowest BCUT2D eigenvalue weighted by Gasteiger charge is -2.23. The predicted octanol–water partition coefficient (Wildman–Crippen LogP) is 2.05. The van der Waals surface area contributed by atoms with Crippen LogP contribution in [0, 0.1) is 17.7 Å². The number of aliphatic carboxylic acids is 1. The summed E-state index contributed by atoms with van der Waals surface area (Å²) >= 11 is 0. The van der Waals surface area contributed by atoms with E-state index in [1.54, 1.807) is 11.0 Å². The Hall–Kier alpha value is -2.11. The van der Waals surface area contributed by atoms with Crippen molar-refractivity contribution in [3.8, 4) is 5.75 Å². The highest BCUT2D eigenvalue weighted by atomic mass is 19.1. The number of hydrogen-bond donors (Lipinski definition) is 1. The van der Waals surface area contributed by atoms with Crippen LogP contribution in [-0.2, 0) is 16.1 Å². The molecule has 6 heteroatoms. The third-order valence-electron chi connectivity index (χ3n) is 4.45. The minimum absolute atomic E-state index is 0.0514. The van der Waals surface area contributed by atoms with Gasteiger partial charge >= 0.3 is 5.97 Å². The number of nitrogens with zero attached hydrogens (tertiary/aromatic N) is 1. The van der Waals surface area contributed by atoms with E-state index in [-0.39, 0.29) is 17.6 Å². The van der Waals surface area contributed by atoms with Gasteiger partial charge in [0.1, 0.15) is 18.2 Å². The van der Waals surface area contributed by atoms with Gasteiger partial charge in [0.05, 0.1) is 12.5 Å². The number of fused-ring (bicyclic) bond motifs is 1. The van der Waals surface area contributed by atoms with Crippen molar-refractivity contribution in [2.45, 2.75) is 25.8 Å². The van der Waals surface area contributed by atoms with Gasteiger partial charge in [-0.15, -0.1) is 0 Å². The van der Waals surface area contributed by atoms with Crippen LogP contribution in [0.1, 0.15) is 24.8 Å². The van der Waals surface area contributed by atoms with Crippen LogP contribution in [0.15, 0.2) is 18.2 Å². The maximum Gasteiger partial charge on any atom is 0.306 e. The van der Waals surface area contributed by atoms with Gasteiger partial charge in [0, 0.05) is 18.0 Å². The molecule has 2 aliphatic rings. The van der Waals surface area contributed by atoms with Crippen molar-refractivity contribution >= 4 is 11.9 Å². The van der Waals surface area contributed by atoms with E-state index in [0.717, 1.165) is 0 Å². The maximum atomic E-state index is 13.4. The first kappa shape index (κ1) is 14.8. The molecule has 0 aromatic heterocycles. The van der Waals surface area contributed by atoms with Crippen molar-refractivity contribution in [3.05, 3.63) is 29.6 Å². The first-order chi connectivity index (χ1) is 10.5. The molecule has 2 atom stereocenters. The zero-order valence-corrected chi connectivity index (χ0v) is 12.1. The molecule has 22 heavy (non-hydrogen) atoms. The van der Waals surface area contributed by atoms with Crippen LogP contribution in [0.4, 0.5) is 4.39 Å². The Bertz CT molecular complexity index is 604. The molecule has 1 N–H and O–H groups in total. The van der Waals surface area contributed by atoms with Gasteiger partial charge in [0.25, 0.3) is 0 Å². The van der Waals surface area contributed by atoms with Crippen LogP contribution >= 0.6 is 0 Å². The van der Waals surface area contributed by atoms with Crippen LogP contribution in [0.25, 0.3) is 0 Å². The summed E-state index contributed by atoms with van der Waals surface area (Å²) in [5.74, 6) is -1.32. The van der Waals surface area contributed by atoms with Gasteiger partial charge in [-0.05, 0) is 37.5 Å². The molecular weight excluding hydrogens is 289 g/mol. The molecule has 1 aliphatic carbocycles. The van der Waals surface area contributed by atoms with Crippen LogP contribution < -0.4 is 4.74 Å². The van der Waals surface area contributed by atoms with E-state index in [0.29, 0.717) is 50.3 Å². The van der Waals surface area contributed by atoms with Gasteiger partial charge in [-0.2, -0.15) is 0 Å². The highest BCUT2D eigenvalue weighted by molar-refractivity contribution is 5.81. The predicted molar refractivity (Wildman–Crippen MR) is 75.8 cm³/mol. The summed E-state index contributed by atoms with van der Waals surface area (Å²) in [6.45, 7) is 1.10. The lowest BCUT2D eigenvalue weighted by molar-refractivity contribution is -0.141. The highest BCUT2D eigenvalue weighted by Crippen LogP contribution is 2.33. The topological polar surface area (TPSA) is 66.8 Å². The average Bonchev–Trinajstić information content (AvgIpc) is 2.88. The molecular formula is C16H18FNO4. The standard InChI is InChI=1S/C16H18FNO4/c17-13-3-4-14-12(8-13)9-18(5-6-22-14)15(19)10-1-2-11(7-10)16(20)21/h3-4,8,10-11H,1-2,5-7,9H2,(H,20,21)/t10-,11+/m0/s1. The zero-order chi connectivity index (χ0) is 15.7. The first-order valence-electron chi connectivity index (χ1n) is 7.47. The smallest absolute Gasteiger partial charge is 0.306 e. The molecule has 1 fully saturated rings. The number of carbonyl (C=O) groups is 2.